The Morgan fingerprint density at radius 2 is 1.50 bits per heavy atom. The average Bonchev–Trinajstić information content (AvgIpc) is 3.35. The van der Waals surface area contributed by atoms with Gasteiger partial charge in [0, 0.05) is 11.1 Å². The molecule has 1 atom stereocenters. The van der Waals surface area contributed by atoms with E-state index in [9.17, 15) is 14.7 Å². The Kier molecular flexibility index (Phi) is 6.21. The zero-order chi connectivity index (χ0) is 23.5. The van der Waals surface area contributed by atoms with Gasteiger partial charge >= 0.3 is 5.97 Å². The summed E-state index contributed by atoms with van der Waals surface area (Å²) in [6, 6.07) is 21.6. The van der Waals surface area contributed by atoms with Gasteiger partial charge in [0.1, 0.15) is 17.2 Å². The van der Waals surface area contributed by atoms with Crippen molar-refractivity contribution >= 4 is 11.9 Å². The Balaban J connectivity index is 1.39. The molecule has 1 fully saturated rings. The van der Waals surface area contributed by atoms with Gasteiger partial charge in [-0.25, -0.2) is 0 Å². The smallest absolute Gasteiger partial charge is 0.305 e. The molecular formula is C28H27NO5. The largest absolute Gasteiger partial charge is 0.490 e. The van der Waals surface area contributed by atoms with Gasteiger partial charge in [0.25, 0.3) is 0 Å². The predicted molar refractivity (Wildman–Crippen MR) is 127 cm³/mol. The van der Waals surface area contributed by atoms with Crippen molar-refractivity contribution in [2.24, 2.45) is 0 Å². The summed E-state index contributed by atoms with van der Waals surface area (Å²) >= 11 is 0. The summed E-state index contributed by atoms with van der Waals surface area (Å²) in [4.78, 5) is 25.2. The van der Waals surface area contributed by atoms with Gasteiger partial charge in [0.2, 0.25) is 5.91 Å². The van der Waals surface area contributed by atoms with Crippen molar-refractivity contribution in [3.8, 4) is 17.2 Å². The van der Waals surface area contributed by atoms with Crippen molar-refractivity contribution in [2.75, 3.05) is 0 Å². The van der Waals surface area contributed by atoms with Crippen molar-refractivity contribution < 1.29 is 24.2 Å². The number of fused-ring (bicyclic) bond motifs is 2. The highest BCUT2D eigenvalue weighted by atomic mass is 16.5. The molecule has 2 N–H and O–H groups in total. The molecule has 0 saturated heterocycles. The molecule has 6 nitrogen and oxygen atoms in total. The molecule has 6 heteroatoms. The third-order valence-electron chi connectivity index (χ3n) is 6.52. The molecule has 2 aliphatic rings. The fraction of sp³-hybridized carbons (Fsp3) is 0.286. The molecule has 0 radical (unpaired) electrons. The fourth-order valence-electron chi connectivity index (χ4n) is 4.85. The van der Waals surface area contributed by atoms with Gasteiger partial charge in [-0.15, -0.1) is 0 Å². The van der Waals surface area contributed by atoms with Crippen LogP contribution in [0.1, 0.15) is 60.8 Å². The summed E-state index contributed by atoms with van der Waals surface area (Å²) in [5.74, 6) is 0.185. The van der Waals surface area contributed by atoms with E-state index in [2.05, 4.69) is 5.32 Å². The number of ether oxygens (including phenoxy) is 2. The van der Waals surface area contributed by atoms with Gasteiger partial charge in [0.15, 0.2) is 0 Å². The topological polar surface area (TPSA) is 84.9 Å². The van der Waals surface area contributed by atoms with Gasteiger partial charge in [-0.1, -0.05) is 48.5 Å². The van der Waals surface area contributed by atoms with E-state index in [1.807, 2.05) is 72.8 Å². The molecule has 1 amide bonds. The predicted octanol–water partition coefficient (Wildman–Crippen LogP) is 5.58. The number of hydrogen-bond acceptors (Lipinski definition) is 4. The second kappa shape index (κ2) is 9.59. The zero-order valence-corrected chi connectivity index (χ0v) is 18.8. The highest BCUT2D eigenvalue weighted by Gasteiger charge is 2.34. The number of rotatable bonds is 7. The maximum absolute atomic E-state index is 13.6. The third kappa shape index (κ3) is 4.62. The molecule has 1 aliphatic carbocycles. The third-order valence-corrected chi connectivity index (χ3v) is 6.52. The summed E-state index contributed by atoms with van der Waals surface area (Å²) in [5.41, 5.74) is 2.24. The maximum Gasteiger partial charge on any atom is 0.305 e. The molecule has 5 rings (SSSR count). The molecule has 34 heavy (non-hydrogen) atoms. The fourth-order valence-corrected chi connectivity index (χ4v) is 4.85. The lowest BCUT2D eigenvalue weighted by molar-refractivity contribution is -0.137. The summed E-state index contributed by atoms with van der Waals surface area (Å²) in [6.45, 7) is 0. The van der Waals surface area contributed by atoms with Crippen LogP contribution in [0.25, 0.3) is 0 Å². The highest BCUT2D eigenvalue weighted by molar-refractivity contribution is 5.90. The number of carboxylic acids is 1. The number of carbonyl (C=O) groups excluding carboxylic acids is 1. The van der Waals surface area contributed by atoms with Crippen LogP contribution >= 0.6 is 0 Å². The van der Waals surface area contributed by atoms with Gasteiger partial charge in [-0.3, -0.25) is 9.59 Å². The van der Waals surface area contributed by atoms with Crippen molar-refractivity contribution in [3.63, 3.8) is 0 Å². The van der Waals surface area contributed by atoms with Gasteiger partial charge in [0.05, 0.1) is 24.5 Å². The van der Waals surface area contributed by atoms with Crippen LogP contribution in [0.2, 0.25) is 0 Å². The second-order valence-electron chi connectivity index (χ2n) is 8.86. The van der Waals surface area contributed by atoms with E-state index in [0.717, 1.165) is 35.3 Å². The molecule has 0 unspecified atom stereocenters. The van der Waals surface area contributed by atoms with Crippen LogP contribution in [0.3, 0.4) is 0 Å². The molecule has 0 spiro atoms. The Hall–Kier alpha value is -3.80. The van der Waals surface area contributed by atoms with E-state index in [1.54, 1.807) is 0 Å². The summed E-state index contributed by atoms with van der Waals surface area (Å²) in [7, 11) is 0. The van der Waals surface area contributed by atoms with Crippen LogP contribution in [0.5, 0.6) is 17.2 Å². The van der Waals surface area contributed by atoms with Crippen LogP contribution in [0.4, 0.5) is 0 Å². The van der Waals surface area contributed by atoms with Crippen LogP contribution in [0.15, 0.2) is 72.8 Å². The number of benzene rings is 3. The molecular weight excluding hydrogens is 430 g/mol. The van der Waals surface area contributed by atoms with E-state index in [0.29, 0.717) is 11.5 Å². The van der Waals surface area contributed by atoms with Crippen molar-refractivity contribution in [1.82, 2.24) is 5.32 Å². The lowest BCUT2D eigenvalue weighted by Gasteiger charge is -2.29. The molecule has 1 aliphatic heterocycles. The van der Waals surface area contributed by atoms with Gasteiger partial charge in [-0.2, -0.15) is 0 Å². The van der Waals surface area contributed by atoms with E-state index in [-0.39, 0.29) is 18.4 Å². The average molecular weight is 458 g/mol. The standard InChI is InChI=1S/C28H27NO5/c30-26(31)17-23(18-13-15-20(16-14-18)33-19-7-1-2-8-19)29-28(32)27-21-9-3-5-11-24(21)34-25-12-6-4-10-22(25)27/h3-6,9-16,19,23,27H,1-2,7-8,17H2,(H,29,32)(H,30,31)/t23-/m1/s1. The highest BCUT2D eigenvalue weighted by Crippen LogP contribution is 2.44. The maximum atomic E-state index is 13.6. The van der Waals surface area contributed by atoms with E-state index in [4.69, 9.17) is 9.47 Å². The first-order chi connectivity index (χ1) is 16.6. The van der Waals surface area contributed by atoms with Crippen LogP contribution in [0, 0.1) is 0 Å². The minimum Gasteiger partial charge on any atom is -0.490 e. The van der Waals surface area contributed by atoms with Crippen molar-refractivity contribution in [3.05, 3.63) is 89.5 Å². The lowest BCUT2D eigenvalue weighted by atomic mass is 9.86. The van der Waals surface area contributed by atoms with Gasteiger partial charge < -0.3 is 19.9 Å². The minimum absolute atomic E-state index is 0.221. The zero-order valence-electron chi connectivity index (χ0n) is 18.8. The van der Waals surface area contributed by atoms with Crippen molar-refractivity contribution in [1.29, 1.82) is 0 Å². The van der Waals surface area contributed by atoms with E-state index < -0.39 is 17.9 Å². The normalized spacial score (nSPS) is 16.1. The molecule has 3 aromatic rings. The number of amides is 1. The molecule has 1 heterocycles. The molecule has 0 aromatic heterocycles. The minimum atomic E-state index is -0.982. The summed E-state index contributed by atoms with van der Waals surface area (Å²) in [6.07, 6.45) is 4.53. The van der Waals surface area contributed by atoms with Crippen LogP contribution in [-0.2, 0) is 9.59 Å². The lowest BCUT2D eigenvalue weighted by Crippen LogP contribution is -2.35. The Morgan fingerprint density at radius 3 is 2.09 bits per heavy atom. The second-order valence-corrected chi connectivity index (χ2v) is 8.86. The first kappa shape index (κ1) is 22.0. The number of hydrogen-bond donors (Lipinski definition) is 2. The molecule has 174 valence electrons. The first-order valence-corrected chi connectivity index (χ1v) is 11.7. The molecule has 1 saturated carbocycles. The number of para-hydroxylation sites is 2. The number of carbonyl (C=O) groups is 2. The first-order valence-electron chi connectivity index (χ1n) is 11.7. The Morgan fingerprint density at radius 1 is 0.912 bits per heavy atom. The monoisotopic (exact) mass is 457 g/mol. The molecule has 0 bridgehead atoms. The SMILES string of the molecule is O=C(O)C[C@@H](NC(=O)C1c2ccccc2Oc2ccccc21)c1ccc(OC2CCCC2)cc1. The molecule has 3 aromatic carbocycles. The number of carboxylic acid groups (broad SMARTS) is 1. The van der Waals surface area contributed by atoms with Crippen molar-refractivity contribution in [2.45, 2.75) is 50.2 Å². The quantitative estimate of drug-likeness (QED) is 0.484. The Labute approximate surface area is 198 Å². The number of nitrogens with one attached hydrogen (secondary N) is 1. The van der Waals surface area contributed by atoms with E-state index in [1.165, 1.54) is 12.8 Å². The van der Waals surface area contributed by atoms with Gasteiger partial charge in [-0.05, 0) is 55.5 Å². The summed E-state index contributed by atoms with van der Waals surface area (Å²) in [5, 5.41) is 12.5. The Bertz CT molecular complexity index is 1140. The van der Waals surface area contributed by atoms with E-state index >= 15 is 0 Å². The summed E-state index contributed by atoms with van der Waals surface area (Å²) < 4.78 is 12.0. The van der Waals surface area contributed by atoms with Crippen LogP contribution in [-0.4, -0.2) is 23.1 Å². The number of aliphatic carboxylic acids is 1. The van der Waals surface area contributed by atoms with Crippen LogP contribution < -0.4 is 14.8 Å².